The highest BCUT2D eigenvalue weighted by Gasteiger charge is 2.52. The SMILES string of the molecule is CCNC1CC(OCc2ccccc2Br)C1(CC)CC. The van der Waals surface area contributed by atoms with Gasteiger partial charge in [0.25, 0.3) is 0 Å². The molecule has 1 aromatic carbocycles. The van der Waals surface area contributed by atoms with E-state index in [9.17, 15) is 0 Å². The number of hydrogen-bond donors (Lipinski definition) is 1. The first-order chi connectivity index (χ1) is 9.67. The molecule has 1 aromatic rings. The van der Waals surface area contributed by atoms with E-state index in [1.165, 1.54) is 18.4 Å². The van der Waals surface area contributed by atoms with Crippen LogP contribution in [0.5, 0.6) is 0 Å². The van der Waals surface area contributed by atoms with Gasteiger partial charge in [0.1, 0.15) is 0 Å². The van der Waals surface area contributed by atoms with Crippen LogP contribution in [0.2, 0.25) is 0 Å². The molecule has 0 radical (unpaired) electrons. The molecule has 20 heavy (non-hydrogen) atoms. The van der Waals surface area contributed by atoms with Gasteiger partial charge in [0.05, 0.1) is 12.7 Å². The van der Waals surface area contributed by atoms with Crippen molar-refractivity contribution in [3.63, 3.8) is 0 Å². The Morgan fingerprint density at radius 3 is 2.55 bits per heavy atom. The fraction of sp³-hybridized carbons (Fsp3) is 0.647. The van der Waals surface area contributed by atoms with Crippen molar-refractivity contribution in [3.05, 3.63) is 34.3 Å². The molecular formula is C17H26BrNO. The van der Waals surface area contributed by atoms with Gasteiger partial charge in [-0.15, -0.1) is 0 Å². The second kappa shape index (κ2) is 7.06. The second-order valence-corrected chi connectivity index (χ2v) is 6.53. The molecule has 1 fully saturated rings. The van der Waals surface area contributed by atoms with Gasteiger partial charge in [0, 0.05) is 15.9 Å². The van der Waals surface area contributed by atoms with Gasteiger partial charge in [-0.3, -0.25) is 0 Å². The van der Waals surface area contributed by atoms with Gasteiger partial charge in [-0.1, -0.05) is 54.9 Å². The highest BCUT2D eigenvalue weighted by atomic mass is 79.9. The molecule has 0 aromatic heterocycles. The Morgan fingerprint density at radius 2 is 1.95 bits per heavy atom. The van der Waals surface area contributed by atoms with Crippen molar-refractivity contribution in [1.29, 1.82) is 0 Å². The van der Waals surface area contributed by atoms with E-state index in [1.54, 1.807) is 0 Å². The van der Waals surface area contributed by atoms with Gasteiger partial charge in [-0.2, -0.15) is 0 Å². The van der Waals surface area contributed by atoms with Crippen molar-refractivity contribution in [2.24, 2.45) is 5.41 Å². The molecule has 2 unspecified atom stereocenters. The van der Waals surface area contributed by atoms with Crippen molar-refractivity contribution in [1.82, 2.24) is 5.32 Å². The minimum atomic E-state index is 0.317. The molecule has 1 aliphatic carbocycles. The average molecular weight is 340 g/mol. The van der Waals surface area contributed by atoms with E-state index in [1.807, 2.05) is 6.07 Å². The summed E-state index contributed by atoms with van der Waals surface area (Å²) in [6, 6.07) is 8.93. The van der Waals surface area contributed by atoms with Crippen LogP contribution in [0.4, 0.5) is 0 Å². The molecule has 2 atom stereocenters. The highest BCUT2D eigenvalue weighted by molar-refractivity contribution is 9.10. The number of ether oxygens (including phenoxy) is 1. The van der Waals surface area contributed by atoms with Gasteiger partial charge in [-0.05, 0) is 37.4 Å². The molecule has 1 saturated carbocycles. The molecular weight excluding hydrogens is 314 g/mol. The monoisotopic (exact) mass is 339 g/mol. The lowest BCUT2D eigenvalue weighted by atomic mass is 9.58. The molecule has 0 aliphatic heterocycles. The van der Waals surface area contributed by atoms with Crippen molar-refractivity contribution >= 4 is 15.9 Å². The van der Waals surface area contributed by atoms with E-state index in [0.29, 0.717) is 24.2 Å². The molecule has 0 spiro atoms. The maximum atomic E-state index is 6.25. The third kappa shape index (κ3) is 2.95. The number of nitrogens with one attached hydrogen (secondary N) is 1. The summed E-state index contributed by atoms with van der Waals surface area (Å²) in [6.45, 7) is 8.52. The zero-order valence-electron chi connectivity index (χ0n) is 12.8. The Balaban J connectivity index is 1.98. The van der Waals surface area contributed by atoms with Gasteiger partial charge >= 0.3 is 0 Å². The Hall–Kier alpha value is -0.380. The summed E-state index contributed by atoms with van der Waals surface area (Å²) in [7, 11) is 0. The summed E-state index contributed by atoms with van der Waals surface area (Å²) >= 11 is 3.59. The molecule has 1 aliphatic rings. The van der Waals surface area contributed by atoms with Crippen molar-refractivity contribution in [2.45, 2.75) is 58.8 Å². The summed E-state index contributed by atoms with van der Waals surface area (Å²) in [6.07, 6.45) is 3.89. The van der Waals surface area contributed by atoms with Crippen LogP contribution in [0.15, 0.2) is 28.7 Å². The number of halogens is 1. The van der Waals surface area contributed by atoms with Crippen LogP contribution in [0.3, 0.4) is 0 Å². The smallest absolute Gasteiger partial charge is 0.0731 e. The summed E-state index contributed by atoms with van der Waals surface area (Å²) in [4.78, 5) is 0. The minimum absolute atomic E-state index is 0.317. The third-order valence-electron chi connectivity index (χ3n) is 4.95. The third-order valence-corrected chi connectivity index (χ3v) is 5.72. The minimum Gasteiger partial charge on any atom is -0.373 e. The molecule has 3 heteroatoms. The Kier molecular flexibility index (Phi) is 5.65. The van der Waals surface area contributed by atoms with Crippen LogP contribution in [-0.4, -0.2) is 18.7 Å². The van der Waals surface area contributed by atoms with Crippen molar-refractivity contribution in [3.8, 4) is 0 Å². The molecule has 0 bridgehead atoms. The molecule has 112 valence electrons. The summed E-state index contributed by atoms with van der Waals surface area (Å²) in [5.41, 5.74) is 1.55. The zero-order chi connectivity index (χ0) is 14.6. The molecule has 0 heterocycles. The molecule has 2 rings (SSSR count). The fourth-order valence-electron chi connectivity index (χ4n) is 3.52. The molecule has 0 saturated heterocycles. The second-order valence-electron chi connectivity index (χ2n) is 5.68. The van der Waals surface area contributed by atoms with E-state index in [0.717, 1.165) is 17.4 Å². The first-order valence-corrected chi connectivity index (χ1v) is 8.55. The summed E-state index contributed by atoms with van der Waals surface area (Å²) in [5.74, 6) is 0. The lowest BCUT2D eigenvalue weighted by Crippen LogP contribution is -2.63. The maximum Gasteiger partial charge on any atom is 0.0731 e. The van der Waals surface area contributed by atoms with Crippen molar-refractivity contribution in [2.75, 3.05) is 6.54 Å². The maximum absolute atomic E-state index is 6.25. The van der Waals surface area contributed by atoms with Gasteiger partial charge in [0.2, 0.25) is 0 Å². The van der Waals surface area contributed by atoms with Crippen LogP contribution in [0.25, 0.3) is 0 Å². The molecule has 2 nitrogen and oxygen atoms in total. The fourth-order valence-corrected chi connectivity index (χ4v) is 3.92. The largest absolute Gasteiger partial charge is 0.373 e. The van der Waals surface area contributed by atoms with Gasteiger partial charge < -0.3 is 10.1 Å². The van der Waals surface area contributed by atoms with E-state index >= 15 is 0 Å². The Morgan fingerprint density at radius 1 is 1.25 bits per heavy atom. The van der Waals surface area contributed by atoms with Crippen LogP contribution < -0.4 is 5.32 Å². The van der Waals surface area contributed by atoms with Gasteiger partial charge in [0.15, 0.2) is 0 Å². The van der Waals surface area contributed by atoms with Crippen LogP contribution in [0.1, 0.15) is 45.6 Å². The molecule has 1 N–H and O–H groups in total. The van der Waals surface area contributed by atoms with Crippen molar-refractivity contribution < 1.29 is 4.74 Å². The van der Waals surface area contributed by atoms with Crippen LogP contribution >= 0.6 is 15.9 Å². The topological polar surface area (TPSA) is 21.3 Å². The number of rotatable bonds is 7. The normalized spacial score (nSPS) is 24.4. The number of benzene rings is 1. The Labute approximate surface area is 131 Å². The van der Waals surface area contributed by atoms with E-state index in [4.69, 9.17) is 4.74 Å². The standard InChI is InChI=1S/C17H26BrNO/c1-4-17(5-2)15(19-6-3)11-16(17)20-12-13-9-7-8-10-14(13)18/h7-10,15-16,19H,4-6,11-12H2,1-3H3. The quantitative estimate of drug-likeness (QED) is 0.788. The first kappa shape index (κ1) is 16.0. The van der Waals surface area contributed by atoms with E-state index in [2.05, 4.69) is 60.2 Å². The summed E-state index contributed by atoms with van der Waals surface area (Å²) in [5, 5.41) is 3.63. The van der Waals surface area contributed by atoms with Crippen LogP contribution in [-0.2, 0) is 11.3 Å². The van der Waals surface area contributed by atoms with E-state index in [-0.39, 0.29) is 0 Å². The van der Waals surface area contributed by atoms with Gasteiger partial charge in [-0.25, -0.2) is 0 Å². The lowest BCUT2D eigenvalue weighted by Gasteiger charge is -2.55. The highest BCUT2D eigenvalue weighted by Crippen LogP contribution is 2.49. The van der Waals surface area contributed by atoms with E-state index < -0.39 is 0 Å². The summed E-state index contributed by atoms with van der Waals surface area (Å²) < 4.78 is 7.39. The average Bonchev–Trinajstić information content (AvgIpc) is 2.45. The lowest BCUT2D eigenvalue weighted by molar-refractivity contribution is -0.146. The predicted octanol–water partition coefficient (Wildman–Crippen LogP) is 4.52. The molecule has 0 amide bonds. The van der Waals surface area contributed by atoms with Crippen LogP contribution in [0, 0.1) is 5.41 Å². The predicted molar refractivity (Wildman–Crippen MR) is 87.8 cm³/mol. The Bertz CT molecular complexity index is 431. The number of hydrogen-bond acceptors (Lipinski definition) is 2. The zero-order valence-corrected chi connectivity index (χ0v) is 14.4. The first-order valence-electron chi connectivity index (χ1n) is 7.76.